The predicted molar refractivity (Wildman–Crippen MR) is 83.5 cm³/mol. The van der Waals surface area contributed by atoms with Crippen molar-refractivity contribution >= 4 is 6.09 Å². The minimum Gasteiger partial charge on any atom is -0.444 e. The van der Waals surface area contributed by atoms with Crippen molar-refractivity contribution in [3.63, 3.8) is 0 Å². The van der Waals surface area contributed by atoms with Crippen LogP contribution in [0.5, 0.6) is 0 Å². The number of amides is 1. The maximum atomic E-state index is 12.1. The molecule has 22 heavy (non-hydrogen) atoms. The van der Waals surface area contributed by atoms with Crippen LogP contribution in [0.2, 0.25) is 0 Å². The Balaban J connectivity index is 1.88. The summed E-state index contributed by atoms with van der Waals surface area (Å²) in [6.45, 7) is 9.66. The lowest BCUT2D eigenvalue weighted by molar-refractivity contribution is 0.0268. The highest BCUT2D eigenvalue weighted by Crippen LogP contribution is 2.23. The average molecular weight is 309 g/mol. The van der Waals surface area contributed by atoms with Crippen LogP contribution in [0, 0.1) is 5.92 Å². The van der Waals surface area contributed by atoms with Crippen molar-refractivity contribution < 1.29 is 14.6 Å². The standard InChI is InChI=1S/C16H27N3O3/c1-5-18-9-7-17-14(18)10-13(20)12-6-8-19(11-12)15(21)22-16(2,3)4/h7,9,12-13,20H,5-6,8,10-11H2,1-4H3. The molecule has 0 bridgehead atoms. The molecular weight excluding hydrogens is 282 g/mol. The van der Waals surface area contributed by atoms with Crippen LogP contribution in [0.25, 0.3) is 0 Å². The third-order valence-corrected chi connectivity index (χ3v) is 3.95. The lowest BCUT2D eigenvalue weighted by Gasteiger charge is -2.25. The second-order valence-corrected chi connectivity index (χ2v) is 6.88. The number of aliphatic hydroxyl groups excluding tert-OH is 1. The molecule has 0 aliphatic carbocycles. The Morgan fingerprint density at radius 1 is 1.55 bits per heavy atom. The second kappa shape index (κ2) is 6.69. The van der Waals surface area contributed by atoms with Gasteiger partial charge in [-0.2, -0.15) is 0 Å². The molecule has 1 fully saturated rings. The Bertz CT molecular complexity index is 507. The molecule has 1 aliphatic rings. The number of ether oxygens (including phenoxy) is 1. The minimum absolute atomic E-state index is 0.0783. The molecule has 1 saturated heterocycles. The van der Waals surface area contributed by atoms with Gasteiger partial charge in [-0.05, 0) is 34.1 Å². The van der Waals surface area contributed by atoms with E-state index < -0.39 is 11.7 Å². The summed E-state index contributed by atoms with van der Waals surface area (Å²) in [5.74, 6) is 0.972. The monoisotopic (exact) mass is 309 g/mol. The summed E-state index contributed by atoms with van der Waals surface area (Å²) >= 11 is 0. The number of likely N-dealkylation sites (tertiary alicyclic amines) is 1. The van der Waals surface area contributed by atoms with E-state index in [1.807, 2.05) is 31.5 Å². The Kier molecular flexibility index (Phi) is 5.11. The quantitative estimate of drug-likeness (QED) is 0.924. The summed E-state index contributed by atoms with van der Waals surface area (Å²) in [5.41, 5.74) is -0.486. The van der Waals surface area contributed by atoms with Crippen LogP contribution in [-0.2, 0) is 17.7 Å². The molecule has 1 amide bonds. The van der Waals surface area contributed by atoms with Crippen molar-refractivity contribution in [1.29, 1.82) is 0 Å². The highest BCUT2D eigenvalue weighted by molar-refractivity contribution is 5.68. The van der Waals surface area contributed by atoms with Gasteiger partial charge in [0.1, 0.15) is 11.4 Å². The van der Waals surface area contributed by atoms with Crippen molar-refractivity contribution in [2.75, 3.05) is 13.1 Å². The zero-order chi connectivity index (χ0) is 16.3. The molecule has 1 aromatic heterocycles. The molecule has 6 nitrogen and oxygen atoms in total. The van der Waals surface area contributed by atoms with E-state index in [1.165, 1.54) is 0 Å². The molecule has 6 heteroatoms. The predicted octanol–water partition coefficient (Wildman–Crippen LogP) is 2.06. The summed E-state index contributed by atoms with van der Waals surface area (Å²) in [6, 6.07) is 0. The zero-order valence-electron chi connectivity index (χ0n) is 14.0. The van der Waals surface area contributed by atoms with Gasteiger partial charge >= 0.3 is 6.09 Å². The number of aryl methyl sites for hydroxylation is 1. The molecule has 0 radical (unpaired) electrons. The summed E-state index contributed by atoms with van der Waals surface area (Å²) in [7, 11) is 0. The van der Waals surface area contributed by atoms with Gasteiger partial charge in [0.25, 0.3) is 0 Å². The van der Waals surface area contributed by atoms with Gasteiger partial charge in [-0.1, -0.05) is 0 Å². The Morgan fingerprint density at radius 3 is 2.91 bits per heavy atom. The number of rotatable bonds is 4. The zero-order valence-corrected chi connectivity index (χ0v) is 14.0. The normalized spacial score (nSPS) is 20.2. The van der Waals surface area contributed by atoms with Crippen molar-refractivity contribution in [3.05, 3.63) is 18.2 Å². The van der Waals surface area contributed by atoms with Gasteiger partial charge in [-0.15, -0.1) is 0 Å². The van der Waals surface area contributed by atoms with Gasteiger partial charge in [0, 0.05) is 44.4 Å². The third kappa shape index (κ3) is 4.22. The van der Waals surface area contributed by atoms with Crippen molar-refractivity contribution in [1.82, 2.24) is 14.5 Å². The van der Waals surface area contributed by atoms with E-state index in [9.17, 15) is 9.90 Å². The number of carbonyl (C=O) groups excluding carboxylic acids is 1. The molecule has 2 unspecified atom stereocenters. The molecule has 1 N–H and O–H groups in total. The second-order valence-electron chi connectivity index (χ2n) is 6.88. The van der Waals surface area contributed by atoms with Crippen molar-refractivity contribution in [3.8, 4) is 0 Å². The highest BCUT2D eigenvalue weighted by atomic mass is 16.6. The number of imidazole rings is 1. The number of hydrogen-bond acceptors (Lipinski definition) is 4. The Labute approximate surface area is 132 Å². The van der Waals surface area contributed by atoms with Crippen LogP contribution in [0.3, 0.4) is 0 Å². The molecule has 0 saturated carbocycles. The topological polar surface area (TPSA) is 67.6 Å². The Morgan fingerprint density at radius 2 is 2.27 bits per heavy atom. The van der Waals surface area contributed by atoms with Gasteiger partial charge in [0.15, 0.2) is 0 Å². The van der Waals surface area contributed by atoms with Gasteiger partial charge in [-0.25, -0.2) is 9.78 Å². The van der Waals surface area contributed by atoms with Gasteiger partial charge < -0.3 is 19.3 Å². The fourth-order valence-electron chi connectivity index (χ4n) is 2.77. The van der Waals surface area contributed by atoms with Crippen LogP contribution in [0.15, 0.2) is 12.4 Å². The summed E-state index contributed by atoms with van der Waals surface area (Å²) in [4.78, 5) is 18.0. The van der Waals surface area contributed by atoms with E-state index in [1.54, 1.807) is 11.1 Å². The summed E-state index contributed by atoms with van der Waals surface area (Å²) in [6.07, 6.45) is 4.22. The first-order valence-electron chi connectivity index (χ1n) is 7.96. The average Bonchev–Trinajstić information content (AvgIpc) is 3.05. The van der Waals surface area contributed by atoms with Crippen LogP contribution in [0.4, 0.5) is 4.79 Å². The molecule has 2 heterocycles. The van der Waals surface area contributed by atoms with Crippen LogP contribution >= 0.6 is 0 Å². The van der Waals surface area contributed by atoms with Crippen LogP contribution in [-0.4, -0.2) is 50.4 Å². The van der Waals surface area contributed by atoms with E-state index in [0.717, 1.165) is 18.8 Å². The molecule has 1 aliphatic heterocycles. The number of aromatic nitrogens is 2. The fourth-order valence-corrected chi connectivity index (χ4v) is 2.77. The molecule has 2 rings (SSSR count). The molecule has 0 aromatic carbocycles. The third-order valence-electron chi connectivity index (χ3n) is 3.95. The lowest BCUT2D eigenvalue weighted by Crippen LogP contribution is -2.36. The maximum absolute atomic E-state index is 12.1. The van der Waals surface area contributed by atoms with Crippen molar-refractivity contribution in [2.45, 2.75) is 58.8 Å². The van der Waals surface area contributed by atoms with Gasteiger partial charge in [0.2, 0.25) is 0 Å². The van der Waals surface area contributed by atoms with E-state index >= 15 is 0 Å². The molecule has 124 valence electrons. The van der Waals surface area contributed by atoms with E-state index in [-0.39, 0.29) is 12.0 Å². The Hall–Kier alpha value is -1.56. The molecule has 2 atom stereocenters. The van der Waals surface area contributed by atoms with E-state index in [4.69, 9.17) is 4.74 Å². The molecule has 1 aromatic rings. The first-order chi connectivity index (χ1) is 10.3. The first-order valence-corrected chi connectivity index (χ1v) is 7.96. The first kappa shape index (κ1) is 16.8. The van der Waals surface area contributed by atoms with Crippen LogP contribution in [0.1, 0.15) is 39.9 Å². The number of aliphatic hydroxyl groups is 1. The maximum Gasteiger partial charge on any atom is 0.410 e. The molecule has 0 spiro atoms. The highest BCUT2D eigenvalue weighted by Gasteiger charge is 2.33. The van der Waals surface area contributed by atoms with E-state index in [0.29, 0.717) is 19.5 Å². The largest absolute Gasteiger partial charge is 0.444 e. The summed E-state index contributed by atoms with van der Waals surface area (Å²) < 4.78 is 7.41. The van der Waals surface area contributed by atoms with Gasteiger partial charge in [0.05, 0.1) is 6.10 Å². The number of carbonyl (C=O) groups is 1. The molecular formula is C16H27N3O3. The fraction of sp³-hybridized carbons (Fsp3) is 0.750. The number of nitrogens with zero attached hydrogens (tertiary/aromatic N) is 3. The van der Waals surface area contributed by atoms with Gasteiger partial charge in [-0.3, -0.25) is 0 Å². The van der Waals surface area contributed by atoms with E-state index in [2.05, 4.69) is 11.9 Å². The van der Waals surface area contributed by atoms with Crippen molar-refractivity contribution in [2.24, 2.45) is 5.92 Å². The van der Waals surface area contributed by atoms with Crippen LogP contribution < -0.4 is 0 Å². The smallest absolute Gasteiger partial charge is 0.410 e. The summed E-state index contributed by atoms with van der Waals surface area (Å²) in [5, 5.41) is 10.4. The minimum atomic E-state index is -0.486. The number of hydrogen-bond donors (Lipinski definition) is 1. The lowest BCUT2D eigenvalue weighted by atomic mass is 9.99. The SMILES string of the molecule is CCn1ccnc1CC(O)C1CCN(C(=O)OC(C)(C)C)C1.